The zero-order chi connectivity index (χ0) is 8.48. The minimum Gasteiger partial charge on any atom is -0.364 e. The van der Waals surface area contributed by atoms with Gasteiger partial charge < -0.3 is 4.74 Å². The minimum atomic E-state index is -0.431. The summed E-state index contributed by atoms with van der Waals surface area (Å²) >= 11 is 0. The van der Waals surface area contributed by atoms with Crippen molar-refractivity contribution in [2.75, 3.05) is 0 Å². The number of rotatable bonds is 2. The Morgan fingerprint density at radius 2 is 2.09 bits per heavy atom. The Bertz CT molecular complexity index is 159. The van der Waals surface area contributed by atoms with E-state index in [1.54, 1.807) is 0 Å². The van der Waals surface area contributed by atoms with Gasteiger partial charge >= 0.3 is 0 Å². The zero-order valence-corrected chi connectivity index (χ0v) is 7.52. The van der Waals surface area contributed by atoms with Crippen LogP contribution in [0.15, 0.2) is 0 Å². The van der Waals surface area contributed by atoms with Crippen molar-refractivity contribution in [1.29, 1.82) is 0 Å². The summed E-state index contributed by atoms with van der Waals surface area (Å²) in [6, 6.07) is 0. The van der Waals surface area contributed by atoms with E-state index in [2.05, 4.69) is 0 Å². The van der Waals surface area contributed by atoms with E-state index >= 15 is 0 Å². The molecule has 0 radical (unpaired) electrons. The first-order valence-corrected chi connectivity index (χ1v) is 4.35. The molecule has 1 saturated heterocycles. The van der Waals surface area contributed by atoms with Crippen LogP contribution in [0, 0.1) is 0 Å². The zero-order valence-electron chi connectivity index (χ0n) is 7.52. The number of hydrogen-bond donors (Lipinski definition) is 0. The molecule has 11 heavy (non-hydrogen) atoms. The first-order valence-electron chi connectivity index (χ1n) is 4.35. The lowest BCUT2D eigenvalue weighted by Gasteiger charge is -2.23. The fourth-order valence-corrected chi connectivity index (χ4v) is 1.75. The number of ketones is 1. The largest absolute Gasteiger partial charge is 0.364 e. The summed E-state index contributed by atoms with van der Waals surface area (Å²) in [5.74, 6) is 0.287. The molecule has 0 saturated carbocycles. The van der Waals surface area contributed by atoms with Gasteiger partial charge in [0.05, 0.1) is 6.10 Å². The molecule has 2 nitrogen and oxygen atoms in total. The highest BCUT2D eigenvalue weighted by molar-refractivity contribution is 5.89. The number of Topliss-reactive ketones (excluding diaryl/α,β-unsaturated/α-hetero) is 1. The molecule has 1 aliphatic heterocycles. The van der Waals surface area contributed by atoms with E-state index in [0.29, 0.717) is 6.42 Å². The Balaban J connectivity index is 2.76. The summed E-state index contributed by atoms with van der Waals surface area (Å²) < 4.78 is 5.61. The standard InChI is InChI=1S/C9H16O2/c1-4-9(5-2)8(10)6-7(3)11-9/h7H,4-6H2,1-3H3. The van der Waals surface area contributed by atoms with E-state index in [0.717, 1.165) is 12.8 Å². The molecule has 0 aromatic heterocycles. The number of hydrogen-bond acceptors (Lipinski definition) is 2. The summed E-state index contributed by atoms with van der Waals surface area (Å²) in [6.07, 6.45) is 2.35. The molecule has 0 bridgehead atoms. The van der Waals surface area contributed by atoms with Crippen molar-refractivity contribution in [3.05, 3.63) is 0 Å². The Morgan fingerprint density at radius 1 is 1.55 bits per heavy atom. The predicted octanol–water partition coefficient (Wildman–Crippen LogP) is 1.92. The van der Waals surface area contributed by atoms with Crippen molar-refractivity contribution in [2.24, 2.45) is 0 Å². The Kier molecular flexibility index (Phi) is 2.33. The van der Waals surface area contributed by atoms with Gasteiger partial charge in [-0.3, -0.25) is 4.79 Å². The quantitative estimate of drug-likeness (QED) is 0.610. The van der Waals surface area contributed by atoms with Crippen LogP contribution in [0.25, 0.3) is 0 Å². The van der Waals surface area contributed by atoms with Crippen LogP contribution in [-0.4, -0.2) is 17.5 Å². The average molecular weight is 156 g/mol. The average Bonchev–Trinajstić information content (AvgIpc) is 2.27. The van der Waals surface area contributed by atoms with Gasteiger partial charge in [0.1, 0.15) is 5.60 Å². The molecule has 0 aliphatic carbocycles. The molecule has 0 amide bonds. The molecule has 0 aromatic carbocycles. The van der Waals surface area contributed by atoms with E-state index in [1.165, 1.54) is 0 Å². The number of carbonyl (C=O) groups is 1. The molecule has 1 aliphatic rings. The summed E-state index contributed by atoms with van der Waals surface area (Å²) in [5, 5.41) is 0. The monoisotopic (exact) mass is 156 g/mol. The van der Waals surface area contributed by atoms with Gasteiger partial charge in [-0.25, -0.2) is 0 Å². The van der Waals surface area contributed by atoms with Gasteiger partial charge in [0.15, 0.2) is 5.78 Å². The Hall–Kier alpha value is -0.370. The first kappa shape index (κ1) is 8.72. The molecular formula is C9H16O2. The van der Waals surface area contributed by atoms with Gasteiger partial charge in [-0.2, -0.15) is 0 Å². The fraction of sp³-hybridized carbons (Fsp3) is 0.889. The Morgan fingerprint density at radius 3 is 2.27 bits per heavy atom. The highest BCUT2D eigenvalue weighted by atomic mass is 16.5. The SMILES string of the molecule is CCC1(CC)OC(C)CC1=O. The highest BCUT2D eigenvalue weighted by Gasteiger charge is 2.43. The van der Waals surface area contributed by atoms with Gasteiger partial charge in [0, 0.05) is 6.42 Å². The lowest BCUT2D eigenvalue weighted by atomic mass is 9.92. The van der Waals surface area contributed by atoms with Crippen LogP contribution in [0.1, 0.15) is 40.0 Å². The number of ether oxygens (including phenoxy) is 1. The fourth-order valence-electron chi connectivity index (χ4n) is 1.75. The summed E-state index contributed by atoms with van der Waals surface area (Å²) in [4.78, 5) is 11.4. The topological polar surface area (TPSA) is 26.3 Å². The van der Waals surface area contributed by atoms with Crippen molar-refractivity contribution in [1.82, 2.24) is 0 Å². The van der Waals surface area contributed by atoms with Crippen LogP contribution >= 0.6 is 0 Å². The summed E-state index contributed by atoms with van der Waals surface area (Å²) in [7, 11) is 0. The Labute approximate surface area is 67.9 Å². The third-order valence-electron chi connectivity index (χ3n) is 2.55. The predicted molar refractivity (Wildman–Crippen MR) is 43.5 cm³/mol. The molecule has 1 fully saturated rings. The molecule has 0 N–H and O–H groups in total. The minimum absolute atomic E-state index is 0.127. The van der Waals surface area contributed by atoms with E-state index in [9.17, 15) is 4.79 Å². The van der Waals surface area contributed by atoms with Gasteiger partial charge in [-0.05, 0) is 19.8 Å². The van der Waals surface area contributed by atoms with Crippen LogP contribution in [0.3, 0.4) is 0 Å². The molecule has 1 unspecified atom stereocenters. The van der Waals surface area contributed by atoms with Crippen LogP contribution in [-0.2, 0) is 9.53 Å². The van der Waals surface area contributed by atoms with Crippen molar-refractivity contribution < 1.29 is 9.53 Å². The van der Waals surface area contributed by atoms with Crippen molar-refractivity contribution >= 4 is 5.78 Å². The van der Waals surface area contributed by atoms with Gasteiger partial charge in [0.2, 0.25) is 0 Å². The maximum absolute atomic E-state index is 11.4. The van der Waals surface area contributed by atoms with E-state index < -0.39 is 5.60 Å². The molecule has 0 spiro atoms. The van der Waals surface area contributed by atoms with E-state index in [1.807, 2.05) is 20.8 Å². The van der Waals surface area contributed by atoms with Crippen LogP contribution in [0.4, 0.5) is 0 Å². The van der Waals surface area contributed by atoms with Crippen molar-refractivity contribution in [2.45, 2.75) is 51.7 Å². The van der Waals surface area contributed by atoms with E-state index in [4.69, 9.17) is 4.74 Å². The molecular weight excluding hydrogens is 140 g/mol. The third kappa shape index (κ3) is 1.32. The van der Waals surface area contributed by atoms with Crippen LogP contribution in [0.5, 0.6) is 0 Å². The second-order valence-corrected chi connectivity index (χ2v) is 3.26. The third-order valence-corrected chi connectivity index (χ3v) is 2.55. The summed E-state index contributed by atoms with van der Waals surface area (Å²) in [5.41, 5.74) is -0.431. The number of carbonyl (C=O) groups excluding carboxylic acids is 1. The van der Waals surface area contributed by atoms with Crippen molar-refractivity contribution in [3.63, 3.8) is 0 Å². The molecule has 1 atom stereocenters. The maximum Gasteiger partial charge on any atom is 0.167 e. The van der Waals surface area contributed by atoms with E-state index in [-0.39, 0.29) is 11.9 Å². The van der Waals surface area contributed by atoms with Gasteiger partial charge in [-0.15, -0.1) is 0 Å². The molecule has 64 valence electrons. The lowest BCUT2D eigenvalue weighted by molar-refractivity contribution is -0.133. The summed E-state index contributed by atoms with van der Waals surface area (Å²) in [6.45, 7) is 5.99. The van der Waals surface area contributed by atoms with Gasteiger partial charge in [-0.1, -0.05) is 13.8 Å². The molecule has 1 heterocycles. The second kappa shape index (κ2) is 2.94. The molecule has 0 aromatic rings. The van der Waals surface area contributed by atoms with Crippen molar-refractivity contribution in [3.8, 4) is 0 Å². The van der Waals surface area contributed by atoms with Crippen LogP contribution < -0.4 is 0 Å². The highest BCUT2D eigenvalue weighted by Crippen LogP contribution is 2.32. The molecule has 2 heteroatoms. The normalized spacial score (nSPS) is 29.4. The first-order chi connectivity index (χ1) is 5.14. The lowest BCUT2D eigenvalue weighted by Crippen LogP contribution is -2.34. The second-order valence-electron chi connectivity index (χ2n) is 3.26. The maximum atomic E-state index is 11.4. The smallest absolute Gasteiger partial charge is 0.167 e. The van der Waals surface area contributed by atoms with Gasteiger partial charge in [0.25, 0.3) is 0 Å². The molecule has 1 rings (SSSR count). The van der Waals surface area contributed by atoms with Crippen LogP contribution in [0.2, 0.25) is 0 Å².